The number of halogens is 3. The number of nitrogens with zero attached hydrogens (tertiary/aromatic N) is 4. The smallest absolute Gasteiger partial charge is 0.406 e. The molecule has 4 aromatic rings. The highest BCUT2D eigenvalue weighted by molar-refractivity contribution is 6.01. The van der Waals surface area contributed by atoms with Gasteiger partial charge in [0, 0.05) is 36.5 Å². The van der Waals surface area contributed by atoms with E-state index in [0.29, 0.717) is 23.4 Å². The van der Waals surface area contributed by atoms with Gasteiger partial charge in [-0.25, -0.2) is 0 Å². The Labute approximate surface area is 222 Å². The minimum absolute atomic E-state index is 0.101. The minimum atomic E-state index is -4.77. The zero-order chi connectivity index (χ0) is 27.4. The van der Waals surface area contributed by atoms with Gasteiger partial charge in [-0.15, -0.1) is 13.2 Å². The van der Waals surface area contributed by atoms with Crippen LogP contribution in [0.3, 0.4) is 0 Å². The number of nitrogens with one attached hydrogen (secondary N) is 1. The molecule has 1 N–H and O–H groups in total. The average Bonchev–Trinajstić information content (AvgIpc) is 3.56. The molecule has 0 saturated heterocycles. The van der Waals surface area contributed by atoms with Crippen LogP contribution in [0, 0.1) is 6.92 Å². The summed E-state index contributed by atoms with van der Waals surface area (Å²) in [4.78, 5) is 23.0. The van der Waals surface area contributed by atoms with E-state index in [4.69, 9.17) is 9.94 Å². The summed E-state index contributed by atoms with van der Waals surface area (Å²) in [5, 5.41) is 11.7. The first-order valence-electron chi connectivity index (χ1n) is 12.1. The molecule has 0 spiro atoms. The SMILES string of the molecule is Cc1ccccc1-c1cc(C(=O)NCc2ccc(OC(F)(F)F)cc2)n(CC2CC(c3cccnc3)=NO2)n1. The Morgan fingerprint density at radius 3 is 2.64 bits per heavy atom. The molecule has 39 heavy (non-hydrogen) atoms. The summed E-state index contributed by atoms with van der Waals surface area (Å²) >= 11 is 0. The molecular formula is C28H24F3N5O3. The number of pyridine rings is 1. The second kappa shape index (κ2) is 11.0. The Kier molecular flexibility index (Phi) is 7.31. The van der Waals surface area contributed by atoms with Crippen molar-refractivity contribution in [1.29, 1.82) is 0 Å². The molecule has 1 aliphatic heterocycles. The number of amides is 1. The van der Waals surface area contributed by atoms with E-state index in [2.05, 4.69) is 20.2 Å². The zero-order valence-corrected chi connectivity index (χ0v) is 20.9. The Balaban J connectivity index is 1.32. The fraction of sp³-hybridized carbons (Fsp3) is 0.214. The van der Waals surface area contributed by atoms with Gasteiger partial charge in [0.05, 0.1) is 18.0 Å². The molecular weight excluding hydrogens is 511 g/mol. The number of carbonyl (C=O) groups is 1. The molecule has 0 radical (unpaired) electrons. The van der Waals surface area contributed by atoms with Crippen LogP contribution in [0.15, 0.2) is 84.3 Å². The van der Waals surface area contributed by atoms with Gasteiger partial charge in [0.15, 0.2) is 6.10 Å². The highest BCUT2D eigenvalue weighted by atomic mass is 19.4. The highest BCUT2D eigenvalue weighted by Crippen LogP contribution is 2.25. The van der Waals surface area contributed by atoms with Crippen LogP contribution in [-0.2, 0) is 17.9 Å². The van der Waals surface area contributed by atoms with Gasteiger partial charge in [-0.2, -0.15) is 5.10 Å². The van der Waals surface area contributed by atoms with Crippen molar-refractivity contribution in [2.45, 2.75) is 38.9 Å². The number of hydrogen-bond donors (Lipinski definition) is 1. The Morgan fingerprint density at radius 1 is 1.13 bits per heavy atom. The summed E-state index contributed by atoms with van der Waals surface area (Å²) in [5.74, 6) is -0.715. The van der Waals surface area contributed by atoms with E-state index < -0.39 is 6.36 Å². The van der Waals surface area contributed by atoms with Crippen LogP contribution < -0.4 is 10.1 Å². The van der Waals surface area contributed by atoms with E-state index >= 15 is 0 Å². The minimum Gasteiger partial charge on any atom is -0.406 e. The maximum atomic E-state index is 13.3. The van der Waals surface area contributed by atoms with E-state index in [-0.39, 0.29) is 30.9 Å². The van der Waals surface area contributed by atoms with Gasteiger partial charge in [-0.1, -0.05) is 41.6 Å². The monoisotopic (exact) mass is 535 g/mol. The molecule has 3 heterocycles. The summed E-state index contributed by atoms with van der Waals surface area (Å²) in [6.45, 7) is 2.35. The molecule has 1 atom stereocenters. The van der Waals surface area contributed by atoms with E-state index in [1.165, 1.54) is 24.3 Å². The van der Waals surface area contributed by atoms with Crippen LogP contribution in [0.25, 0.3) is 11.3 Å². The van der Waals surface area contributed by atoms with Crippen LogP contribution in [0.2, 0.25) is 0 Å². The number of carbonyl (C=O) groups excluding carboxylic acids is 1. The second-order valence-electron chi connectivity index (χ2n) is 9.00. The lowest BCUT2D eigenvalue weighted by atomic mass is 10.1. The van der Waals surface area contributed by atoms with Crippen LogP contribution in [0.4, 0.5) is 13.2 Å². The standard InChI is InChI=1S/C28H24F3N5O3/c1-18-5-2-3-7-23(18)25-14-26(27(37)33-15-19-8-10-21(11-9-19)38-28(29,30)31)36(34-25)17-22-13-24(35-39-22)20-6-4-12-32-16-20/h2-12,14,16,22H,13,15,17H2,1H3,(H,33,37). The molecule has 0 fully saturated rings. The molecule has 5 rings (SSSR count). The first-order chi connectivity index (χ1) is 18.7. The van der Waals surface area contributed by atoms with Crippen molar-refractivity contribution < 1.29 is 27.5 Å². The molecule has 0 saturated carbocycles. The third kappa shape index (κ3) is 6.43. The van der Waals surface area contributed by atoms with Crippen molar-refractivity contribution >= 4 is 11.6 Å². The lowest BCUT2D eigenvalue weighted by Gasteiger charge is -2.12. The molecule has 2 aromatic heterocycles. The number of hydrogen-bond acceptors (Lipinski definition) is 6. The highest BCUT2D eigenvalue weighted by Gasteiger charge is 2.31. The molecule has 11 heteroatoms. The van der Waals surface area contributed by atoms with Gasteiger partial charge in [0.1, 0.15) is 11.4 Å². The first kappa shape index (κ1) is 26.0. The van der Waals surface area contributed by atoms with Crippen LogP contribution in [-0.4, -0.2) is 38.8 Å². The molecule has 1 unspecified atom stereocenters. The molecule has 2 aromatic carbocycles. The largest absolute Gasteiger partial charge is 0.573 e. The molecule has 0 aliphatic carbocycles. The molecule has 1 amide bonds. The normalized spacial score (nSPS) is 15.0. The number of benzene rings is 2. The predicted molar refractivity (Wildman–Crippen MR) is 137 cm³/mol. The number of aromatic nitrogens is 3. The van der Waals surface area contributed by atoms with Crippen molar-refractivity contribution in [3.05, 3.63) is 102 Å². The number of aryl methyl sites for hydroxylation is 1. The van der Waals surface area contributed by atoms with Crippen molar-refractivity contribution in [2.75, 3.05) is 0 Å². The van der Waals surface area contributed by atoms with Crippen LogP contribution >= 0.6 is 0 Å². The van der Waals surface area contributed by atoms with E-state index in [9.17, 15) is 18.0 Å². The summed E-state index contributed by atoms with van der Waals surface area (Å²) in [5.41, 5.74) is 5.10. The van der Waals surface area contributed by atoms with E-state index in [1.54, 1.807) is 23.1 Å². The number of ether oxygens (including phenoxy) is 1. The quantitative estimate of drug-likeness (QED) is 0.332. The summed E-state index contributed by atoms with van der Waals surface area (Å²) in [6.07, 6.45) is -1.18. The van der Waals surface area contributed by atoms with Gasteiger partial charge in [0.2, 0.25) is 0 Å². The zero-order valence-electron chi connectivity index (χ0n) is 20.9. The van der Waals surface area contributed by atoms with Gasteiger partial charge in [-0.05, 0) is 48.4 Å². The summed E-state index contributed by atoms with van der Waals surface area (Å²) < 4.78 is 42.8. The molecule has 0 bridgehead atoms. The van der Waals surface area contributed by atoms with Crippen molar-refractivity contribution in [3.8, 4) is 17.0 Å². The summed E-state index contributed by atoms with van der Waals surface area (Å²) in [6, 6.07) is 18.5. The fourth-order valence-corrected chi connectivity index (χ4v) is 4.24. The van der Waals surface area contributed by atoms with Crippen molar-refractivity contribution in [1.82, 2.24) is 20.1 Å². The lowest BCUT2D eigenvalue weighted by Crippen LogP contribution is -2.28. The first-order valence-corrected chi connectivity index (χ1v) is 12.1. The summed E-state index contributed by atoms with van der Waals surface area (Å²) in [7, 11) is 0. The average molecular weight is 536 g/mol. The van der Waals surface area contributed by atoms with Crippen LogP contribution in [0.1, 0.15) is 33.6 Å². The predicted octanol–water partition coefficient (Wildman–Crippen LogP) is 5.28. The third-order valence-electron chi connectivity index (χ3n) is 6.15. The van der Waals surface area contributed by atoms with Crippen molar-refractivity contribution in [2.24, 2.45) is 5.16 Å². The van der Waals surface area contributed by atoms with Gasteiger partial charge >= 0.3 is 6.36 Å². The van der Waals surface area contributed by atoms with Gasteiger partial charge < -0.3 is 14.9 Å². The van der Waals surface area contributed by atoms with Gasteiger partial charge in [0.25, 0.3) is 5.91 Å². The Bertz CT molecular complexity index is 1480. The Hall–Kier alpha value is -4.67. The number of alkyl halides is 3. The molecule has 1 aliphatic rings. The van der Waals surface area contributed by atoms with E-state index in [1.807, 2.05) is 43.3 Å². The maximum absolute atomic E-state index is 13.3. The van der Waals surface area contributed by atoms with Gasteiger partial charge in [-0.3, -0.25) is 14.5 Å². The molecule has 8 nitrogen and oxygen atoms in total. The number of oxime groups is 1. The lowest BCUT2D eigenvalue weighted by molar-refractivity contribution is -0.274. The number of rotatable bonds is 8. The van der Waals surface area contributed by atoms with E-state index in [0.717, 1.165) is 22.4 Å². The fourth-order valence-electron chi connectivity index (χ4n) is 4.24. The third-order valence-corrected chi connectivity index (χ3v) is 6.15. The van der Waals surface area contributed by atoms with Crippen LogP contribution in [0.5, 0.6) is 5.75 Å². The second-order valence-corrected chi connectivity index (χ2v) is 9.00. The Morgan fingerprint density at radius 2 is 1.92 bits per heavy atom. The van der Waals surface area contributed by atoms with Crippen molar-refractivity contribution in [3.63, 3.8) is 0 Å². The molecule has 200 valence electrons. The topological polar surface area (TPSA) is 90.6 Å². The maximum Gasteiger partial charge on any atom is 0.573 e.